The van der Waals surface area contributed by atoms with E-state index in [1.54, 1.807) is 41.1 Å². The third-order valence-corrected chi connectivity index (χ3v) is 5.36. The van der Waals surface area contributed by atoms with Gasteiger partial charge in [-0.05, 0) is 48.2 Å². The molecule has 2 aromatic carbocycles. The van der Waals surface area contributed by atoms with Gasteiger partial charge in [0.05, 0.1) is 6.10 Å². The maximum Gasteiger partial charge on any atom is 0.322 e. The normalized spacial score (nSPS) is 18.0. The number of amides is 3. The first kappa shape index (κ1) is 18.5. The van der Waals surface area contributed by atoms with Gasteiger partial charge >= 0.3 is 6.03 Å². The number of rotatable bonds is 4. The molecule has 0 bridgehead atoms. The van der Waals surface area contributed by atoms with Crippen LogP contribution in [0.3, 0.4) is 0 Å². The number of hydrogen-bond acceptors (Lipinski definition) is 3. The smallest absolute Gasteiger partial charge is 0.322 e. The highest BCUT2D eigenvalue weighted by atomic mass is 16.5. The molecule has 1 N–H and O–H groups in total. The summed E-state index contributed by atoms with van der Waals surface area (Å²) >= 11 is 0. The van der Waals surface area contributed by atoms with Gasteiger partial charge in [-0.1, -0.05) is 24.3 Å². The summed E-state index contributed by atoms with van der Waals surface area (Å²) in [6.45, 7) is 2.62. The number of nitrogens with one attached hydrogen (secondary N) is 1. The standard InChI is InChI=1S/C22H25N3O3/c1-24(15-20-7-4-12-28-20)21(26)16-8-10-19(11-9-16)23-22(27)25-13-17-5-2-3-6-18(17)14-25/h2-3,5-6,8-11,20H,4,7,12-15H2,1H3,(H,23,27). The maximum atomic E-state index is 12.6. The van der Waals surface area contributed by atoms with Crippen molar-refractivity contribution in [1.29, 1.82) is 0 Å². The fourth-order valence-corrected chi connectivity index (χ4v) is 3.77. The summed E-state index contributed by atoms with van der Waals surface area (Å²) in [5, 5.41) is 2.91. The van der Waals surface area contributed by atoms with Crippen LogP contribution < -0.4 is 5.32 Å². The molecule has 0 aliphatic carbocycles. The number of likely N-dealkylation sites (N-methyl/N-ethyl adjacent to an activating group) is 1. The third kappa shape index (κ3) is 4.02. The number of nitrogens with zero attached hydrogens (tertiary/aromatic N) is 2. The molecule has 0 saturated carbocycles. The number of ether oxygens (including phenoxy) is 1. The van der Waals surface area contributed by atoms with Crippen LogP contribution in [0.15, 0.2) is 48.5 Å². The van der Waals surface area contributed by atoms with Crippen LogP contribution in [0.2, 0.25) is 0 Å². The second-order valence-electron chi connectivity index (χ2n) is 7.45. The first-order chi connectivity index (χ1) is 13.6. The van der Waals surface area contributed by atoms with Gasteiger partial charge in [0.25, 0.3) is 5.91 Å². The summed E-state index contributed by atoms with van der Waals surface area (Å²) in [5.41, 5.74) is 3.66. The Labute approximate surface area is 165 Å². The Kier molecular flexibility index (Phi) is 5.30. The molecule has 0 aromatic heterocycles. The fraction of sp³-hybridized carbons (Fsp3) is 0.364. The number of carbonyl (C=O) groups excluding carboxylic acids is 2. The van der Waals surface area contributed by atoms with Gasteiger partial charge in [0.1, 0.15) is 0 Å². The predicted molar refractivity (Wildman–Crippen MR) is 107 cm³/mol. The molecule has 2 aromatic rings. The monoisotopic (exact) mass is 379 g/mol. The van der Waals surface area contributed by atoms with Crippen LogP contribution >= 0.6 is 0 Å². The van der Waals surface area contributed by atoms with Crippen molar-refractivity contribution in [3.8, 4) is 0 Å². The molecule has 3 amide bonds. The Bertz CT molecular complexity index is 835. The molecule has 28 heavy (non-hydrogen) atoms. The topological polar surface area (TPSA) is 61.9 Å². The van der Waals surface area contributed by atoms with E-state index in [0.29, 0.717) is 30.9 Å². The molecular weight excluding hydrogens is 354 g/mol. The fourth-order valence-electron chi connectivity index (χ4n) is 3.77. The zero-order valence-corrected chi connectivity index (χ0v) is 16.1. The molecule has 0 spiro atoms. The van der Waals surface area contributed by atoms with E-state index >= 15 is 0 Å². The summed E-state index contributed by atoms with van der Waals surface area (Å²) in [7, 11) is 1.80. The zero-order chi connectivity index (χ0) is 19.5. The van der Waals surface area contributed by atoms with Crippen molar-refractivity contribution in [2.24, 2.45) is 0 Å². The molecule has 2 aliphatic heterocycles. The summed E-state index contributed by atoms with van der Waals surface area (Å²) < 4.78 is 5.60. The molecule has 1 unspecified atom stereocenters. The molecule has 4 rings (SSSR count). The van der Waals surface area contributed by atoms with E-state index < -0.39 is 0 Å². The molecule has 1 atom stereocenters. The molecular formula is C22H25N3O3. The van der Waals surface area contributed by atoms with Crippen molar-refractivity contribution in [2.45, 2.75) is 32.0 Å². The Morgan fingerprint density at radius 2 is 1.79 bits per heavy atom. The van der Waals surface area contributed by atoms with Crippen LogP contribution in [0.25, 0.3) is 0 Å². The lowest BCUT2D eigenvalue weighted by Crippen LogP contribution is -2.34. The van der Waals surface area contributed by atoms with E-state index in [1.807, 2.05) is 12.1 Å². The SMILES string of the molecule is CN(CC1CCCO1)C(=O)c1ccc(NC(=O)N2Cc3ccccc3C2)cc1. The lowest BCUT2D eigenvalue weighted by molar-refractivity contribution is 0.0587. The van der Waals surface area contributed by atoms with Gasteiger partial charge in [0.2, 0.25) is 0 Å². The quantitative estimate of drug-likeness (QED) is 0.885. The Morgan fingerprint density at radius 1 is 1.11 bits per heavy atom. The number of benzene rings is 2. The van der Waals surface area contributed by atoms with Gasteiger partial charge in [-0.25, -0.2) is 4.79 Å². The van der Waals surface area contributed by atoms with Crippen LogP contribution in [0.5, 0.6) is 0 Å². The third-order valence-electron chi connectivity index (χ3n) is 5.36. The first-order valence-electron chi connectivity index (χ1n) is 9.70. The number of hydrogen-bond donors (Lipinski definition) is 1. The van der Waals surface area contributed by atoms with Gasteiger partial charge in [-0.15, -0.1) is 0 Å². The summed E-state index contributed by atoms with van der Waals surface area (Å²) in [6.07, 6.45) is 2.20. The van der Waals surface area contributed by atoms with E-state index in [1.165, 1.54) is 11.1 Å². The average Bonchev–Trinajstić information content (AvgIpc) is 3.37. The highest BCUT2D eigenvalue weighted by Crippen LogP contribution is 2.23. The minimum absolute atomic E-state index is 0.0385. The van der Waals surface area contributed by atoms with Crippen molar-refractivity contribution in [3.63, 3.8) is 0 Å². The highest BCUT2D eigenvalue weighted by Gasteiger charge is 2.23. The minimum atomic E-state index is -0.134. The number of anilines is 1. The van der Waals surface area contributed by atoms with Gasteiger partial charge in [0.15, 0.2) is 0 Å². The van der Waals surface area contributed by atoms with Crippen LogP contribution in [0.4, 0.5) is 10.5 Å². The Balaban J connectivity index is 1.33. The molecule has 1 fully saturated rings. The number of carbonyl (C=O) groups is 2. The Hall–Kier alpha value is -2.86. The maximum absolute atomic E-state index is 12.6. The van der Waals surface area contributed by atoms with Gasteiger partial charge in [-0.3, -0.25) is 4.79 Å². The van der Waals surface area contributed by atoms with Crippen LogP contribution in [0.1, 0.15) is 34.3 Å². The molecule has 1 saturated heterocycles. The molecule has 2 aliphatic rings. The van der Waals surface area contributed by atoms with Crippen molar-refractivity contribution in [2.75, 3.05) is 25.5 Å². The van der Waals surface area contributed by atoms with Crippen molar-refractivity contribution < 1.29 is 14.3 Å². The lowest BCUT2D eigenvalue weighted by Gasteiger charge is -2.21. The largest absolute Gasteiger partial charge is 0.376 e. The van der Waals surface area contributed by atoms with E-state index in [4.69, 9.17) is 4.74 Å². The molecule has 6 nitrogen and oxygen atoms in total. The summed E-state index contributed by atoms with van der Waals surface area (Å²) in [5.74, 6) is -0.0385. The average molecular weight is 379 g/mol. The number of fused-ring (bicyclic) bond motifs is 1. The van der Waals surface area contributed by atoms with E-state index in [9.17, 15) is 9.59 Å². The second-order valence-corrected chi connectivity index (χ2v) is 7.45. The van der Waals surface area contributed by atoms with Crippen LogP contribution in [-0.4, -0.2) is 48.0 Å². The van der Waals surface area contributed by atoms with Crippen LogP contribution in [-0.2, 0) is 17.8 Å². The van der Waals surface area contributed by atoms with Crippen molar-refractivity contribution in [3.05, 3.63) is 65.2 Å². The van der Waals surface area contributed by atoms with Crippen molar-refractivity contribution in [1.82, 2.24) is 9.80 Å². The second kappa shape index (κ2) is 8.02. The Morgan fingerprint density at radius 3 is 2.39 bits per heavy atom. The van der Waals surface area contributed by atoms with E-state index in [-0.39, 0.29) is 18.0 Å². The van der Waals surface area contributed by atoms with Gasteiger partial charge in [0, 0.05) is 44.5 Å². The molecule has 2 heterocycles. The molecule has 0 radical (unpaired) electrons. The van der Waals surface area contributed by atoms with Gasteiger partial charge in [-0.2, -0.15) is 0 Å². The highest BCUT2D eigenvalue weighted by molar-refractivity contribution is 5.95. The summed E-state index contributed by atoms with van der Waals surface area (Å²) in [6, 6.07) is 15.0. The van der Waals surface area contributed by atoms with Gasteiger partial charge < -0.3 is 19.9 Å². The molecule has 6 heteroatoms. The van der Waals surface area contributed by atoms with E-state index in [2.05, 4.69) is 17.4 Å². The van der Waals surface area contributed by atoms with Crippen LogP contribution in [0, 0.1) is 0 Å². The van der Waals surface area contributed by atoms with Crippen molar-refractivity contribution >= 4 is 17.6 Å². The lowest BCUT2D eigenvalue weighted by atomic mass is 10.1. The molecule has 146 valence electrons. The minimum Gasteiger partial charge on any atom is -0.376 e. The van der Waals surface area contributed by atoms with E-state index in [0.717, 1.165) is 19.4 Å². The summed E-state index contributed by atoms with van der Waals surface area (Å²) in [4.78, 5) is 28.6. The first-order valence-corrected chi connectivity index (χ1v) is 9.70. The predicted octanol–water partition coefficient (Wildman–Crippen LogP) is 3.49. The zero-order valence-electron chi connectivity index (χ0n) is 16.1. The number of urea groups is 1.